The highest BCUT2D eigenvalue weighted by Crippen LogP contribution is 2.26. The summed E-state index contributed by atoms with van der Waals surface area (Å²) in [5.74, 6) is 0.827. The quantitative estimate of drug-likeness (QED) is 0.407. The smallest absolute Gasteiger partial charge is 0.191 e. The average molecular weight is 447 g/mol. The molecule has 0 unspecified atom stereocenters. The highest BCUT2D eigenvalue weighted by molar-refractivity contribution is 14.0. The van der Waals surface area contributed by atoms with Gasteiger partial charge in [-0.3, -0.25) is 9.67 Å². The molecule has 2 aromatic heterocycles. The molecule has 0 bridgehead atoms. The minimum absolute atomic E-state index is 0. The second kappa shape index (κ2) is 9.27. The highest BCUT2D eigenvalue weighted by atomic mass is 127. The van der Waals surface area contributed by atoms with Crippen LogP contribution in [-0.4, -0.2) is 35.9 Å². The molecule has 0 aliphatic rings. The van der Waals surface area contributed by atoms with Crippen LogP contribution < -0.4 is 10.6 Å². The lowest BCUT2D eigenvalue weighted by Crippen LogP contribution is -2.44. The molecule has 23 heavy (non-hydrogen) atoms. The van der Waals surface area contributed by atoms with E-state index in [1.807, 2.05) is 24.0 Å². The number of aryl methyl sites for hydroxylation is 1. The minimum atomic E-state index is 0. The summed E-state index contributed by atoms with van der Waals surface area (Å²) in [4.78, 5) is 5.65. The van der Waals surface area contributed by atoms with Crippen LogP contribution in [0.15, 0.2) is 34.9 Å². The van der Waals surface area contributed by atoms with E-state index in [-0.39, 0.29) is 29.4 Å². The van der Waals surface area contributed by atoms with E-state index in [0.29, 0.717) is 0 Å². The Morgan fingerprint density at radius 2 is 2.17 bits per heavy atom. The first-order chi connectivity index (χ1) is 10.5. The van der Waals surface area contributed by atoms with Crippen LogP contribution in [0.4, 0.5) is 0 Å². The summed E-state index contributed by atoms with van der Waals surface area (Å²) < 4.78 is 1.94. The molecule has 0 spiro atoms. The molecule has 0 saturated carbocycles. The Morgan fingerprint density at radius 1 is 1.39 bits per heavy atom. The van der Waals surface area contributed by atoms with Crippen molar-refractivity contribution in [2.75, 3.05) is 20.1 Å². The van der Waals surface area contributed by atoms with E-state index < -0.39 is 0 Å². The third-order valence-corrected chi connectivity index (χ3v) is 4.74. The van der Waals surface area contributed by atoms with Gasteiger partial charge in [0.15, 0.2) is 5.96 Å². The fourth-order valence-electron chi connectivity index (χ4n) is 2.15. The maximum absolute atomic E-state index is 4.28. The summed E-state index contributed by atoms with van der Waals surface area (Å²) in [6.07, 6.45) is 3.91. The number of hydrogen-bond donors (Lipinski definition) is 2. The van der Waals surface area contributed by atoms with Gasteiger partial charge in [-0.25, -0.2) is 0 Å². The predicted molar refractivity (Wildman–Crippen MR) is 109 cm³/mol. The summed E-state index contributed by atoms with van der Waals surface area (Å²) in [5, 5.41) is 13.1. The molecule has 0 aromatic carbocycles. The zero-order valence-corrected chi connectivity index (χ0v) is 17.3. The molecule has 2 rings (SSSR count). The summed E-state index contributed by atoms with van der Waals surface area (Å²) in [6, 6.07) is 4.28. The van der Waals surface area contributed by atoms with Crippen LogP contribution in [0.1, 0.15) is 24.3 Å². The highest BCUT2D eigenvalue weighted by Gasteiger charge is 2.21. The number of aliphatic imine (C=N–C) groups is 1. The van der Waals surface area contributed by atoms with Crippen molar-refractivity contribution in [1.29, 1.82) is 0 Å². The van der Waals surface area contributed by atoms with Crippen molar-refractivity contribution >= 4 is 41.3 Å². The Balaban J connectivity index is 0.00000264. The molecule has 2 heterocycles. The van der Waals surface area contributed by atoms with E-state index in [1.165, 1.54) is 10.4 Å². The SMILES string of the molecule is CN=C(NCCn1cc(C)cn1)NCC(C)(C)c1cccs1.I. The third kappa shape index (κ3) is 6.14. The first-order valence-electron chi connectivity index (χ1n) is 7.49. The van der Waals surface area contributed by atoms with Crippen molar-refractivity contribution in [3.8, 4) is 0 Å². The van der Waals surface area contributed by atoms with E-state index in [9.17, 15) is 0 Å². The number of thiophene rings is 1. The number of nitrogens with one attached hydrogen (secondary N) is 2. The molecule has 0 aliphatic carbocycles. The normalized spacial score (nSPS) is 11.9. The fourth-order valence-corrected chi connectivity index (χ4v) is 3.01. The number of rotatable bonds is 6. The van der Waals surface area contributed by atoms with Gasteiger partial charge in [-0.05, 0) is 23.9 Å². The van der Waals surface area contributed by atoms with E-state index >= 15 is 0 Å². The fraction of sp³-hybridized carbons (Fsp3) is 0.500. The van der Waals surface area contributed by atoms with Gasteiger partial charge in [0, 0.05) is 36.6 Å². The van der Waals surface area contributed by atoms with Crippen molar-refractivity contribution in [2.24, 2.45) is 4.99 Å². The maximum Gasteiger partial charge on any atom is 0.191 e. The summed E-state index contributed by atoms with van der Waals surface area (Å²) in [6.45, 7) is 8.98. The number of aromatic nitrogens is 2. The molecule has 2 aromatic rings. The van der Waals surface area contributed by atoms with Crippen LogP contribution in [0.2, 0.25) is 0 Å². The van der Waals surface area contributed by atoms with Gasteiger partial charge in [-0.1, -0.05) is 19.9 Å². The molecule has 2 N–H and O–H groups in total. The summed E-state index contributed by atoms with van der Waals surface area (Å²) in [7, 11) is 1.80. The largest absolute Gasteiger partial charge is 0.356 e. The van der Waals surface area contributed by atoms with Crippen LogP contribution >= 0.6 is 35.3 Å². The lowest BCUT2D eigenvalue weighted by atomic mass is 9.91. The number of halogens is 1. The molecule has 128 valence electrons. The Kier molecular flexibility index (Phi) is 8.04. The molecular weight excluding hydrogens is 421 g/mol. The van der Waals surface area contributed by atoms with Gasteiger partial charge in [0.25, 0.3) is 0 Å². The topological polar surface area (TPSA) is 54.2 Å². The lowest BCUT2D eigenvalue weighted by Gasteiger charge is -2.25. The molecule has 0 saturated heterocycles. The maximum atomic E-state index is 4.28. The van der Waals surface area contributed by atoms with Crippen LogP contribution in [0, 0.1) is 6.92 Å². The Labute approximate surface area is 159 Å². The predicted octanol–water partition coefficient (Wildman–Crippen LogP) is 3.01. The van der Waals surface area contributed by atoms with Crippen molar-refractivity contribution in [3.05, 3.63) is 40.3 Å². The third-order valence-electron chi connectivity index (χ3n) is 3.51. The standard InChI is InChI=1S/C16H25N5S.HI/c1-13-10-20-21(11-13)8-7-18-15(17-4)19-12-16(2,3)14-6-5-9-22-14;/h5-6,9-11H,7-8,12H2,1-4H3,(H2,17,18,19);1H. The zero-order chi connectivity index (χ0) is 16.0. The molecule has 0 atom stereocenters. The Morgan fingerprint density at radius 3 is 2.74 bits per heavy atom. The van der Waals surface area contributed by atoms with Gasteiger partial charge in [-0.2, -0.15) is 5.10 Å². The minimum Gasteiger partial charge on any atom is -0.356 e. The first-order valence-corrected chi connectivity index (χ1v) is 8.37. The molecule has 0 amide bonds. The Hall–Kier alpha value is -1.09. The van der Waals surface area contributed by atoms with E-state index in [0.717, 1.165) is 25.6 Å². The molecule has 0 aliphatic heterocycles. The van der Waals surface area contributed by atoms with Gasteiger partial charge >= 0.3 is 0 Å². The number of hydrogen-bond acceptors (Lipinski definition) is 3. The van der Waals surface area contributed by atoms with Crippen molar-refractivity contribution in [3.63, 3.8) is 0 Å². The van der Waals surface area contributed by atoms with E-state index in [1.54, 1.807) is 18.4 Å². The summed E-state index contributed by atoms with van der Waals surface area (Å²) >= 11 is 1.79. The van der Waals surface area contributed by atoms with E-state index in [4.69, 9.17) is 0 Å². The van der Waals surface area contributed by atoms with E-state index in [2.05, 4.69) is 52.1 Å². The molecule has 0 radical (unpaired) electrons. The molecular formula is C16H26IN5S. The van der Waals surface area contributed by atoms with Crippen LogP contribution in [-0.2, 0) is 12.0 Å². The van der Waals surface area contributed by atoms with Crippen molar-refractivity contribution in [1.82, 2.24) is 20.4 Å². The van der Waals surface area contributed by atoms with Crippen LogP contribution in [0.25, 0.3) is 0 Å². The lowest BCUT2D eigenvalue weighted by molar-refractivity contribution is 0.516. The van der Waals surface area contributed by atoms with Gasteiger partial charge in [-0.15, -0.1) is 35.3 Å². The van der Waals surface area contributed by atoms with Crippen LogP contribution in [0.5, 0.6) is 0 Å². The van der Waals surface area contributed by atoms with Crippen molar-refractivity contribution in [2.45, 2.75) is 32.7 Å². The second-order valence-corrected chi connectivity index (χ2v) is 6.94. The molecule has 0 fully saturated rings. The van der Waals surface area contributed by atoms with Gasteiger partial charge in [0.05, 0.1) is 12.7 Å². The van der Waals surface area contributed by atoms with Crippen LogP contribution in [0.3, 0.4) is 0 Å². The second-order valence-electron chi connectivity index (χ2n) is 5.99. The number of nitrogens with zero attached hydrogens (tertiary/aromatic N) is 3. The Bertz CT molecular complexity index is 604. The molecule has 5 nitrogen and oxygen atoms in total. The van der Waals surface area contributed by atoms with Gasteiger partial charge in [0.2, 0.25) is 0 Å². The zero-order valence-electron chi connectivity index (χ0n) is 14.2. The number of guanidine groups is 1. The average Bonchev–Trinajstić information content (AvgIpc) is 3.14. The van der Waals surface area contributed by atoms with Gasteiger partial charge in [0.1, 0.15) is 0 Å². The summed E-state index contributed by atoms with van der Waals surface area (Å²) in [5.41, 5.74) is 1.27. The van der Waals surface area contributed by atoms with Crippen molar-refractivity contribution < 1.29 is 0 Å². The van der Waals surface area contributed by atoms with Gasteiger partial charge < -0.3 is 10.6 Å². The monoisotopic (exact) mass is 447 g/mol. The first kappa shape index (κ1) is 20.0. The molecule has 7 heteroatoms.